The fraction of sp³-hybridized carbons (Fsp3) is 0.579. The second-order valence-corrected chi connectivity index (χ2v) is 7.25. The van der Waals surface area contributed by atoms with Gasteiger partial charge in [0.05, 0.1) is 13.7 Å². The number of rotatable bonds is 9. The van der Waals surface area contributed by atoms with Crippen molar-refractivity contribution in [3.63, 3.8) is 0 Å². The van der Waals surface area contributed by atoms with Crippen molar-refractivity contribution in [3.8, 4) is 11.5 Å². The minimum atomic E-state index is -0.0704. The van der Waals surface area contributed by atoms with E-state index in [1.54, 1.807) is 7.11 Å². The molecule has 0 saturated heterocycles. The standard InChI is InChI=1S/C19H30N2O3S/c1-13(2)8-9-24-16-7-6-15(11-17(16)23-5)12-20-19(25)21-18(22)10-14(3)4/h6-7,11,13-14H,8-10,12H2,1-5H3,(H2,20,21,22,25). The van der Waals surface area contributed by atoms with Gasteiger partial charge in [0.1, 0.15) is 0 Å². The quantitative estimate of drug-likeness (QED) is 0.653. The number of hydrogen-bond donors (Lipinski definition) is 2. The lowest BCUT2D eigenvalue weighted by Crippen LogP contribution is -2.39. The maximum atomic E-state index is 11.7. The van der Waals surface area contributed by atoms with Crippen molar-refractivity contribution in [2.45, 2.75) is 47.1 Å². The molecule has 0 fully saturated rings. The third-order valence-electron chi connectivity index (χ3n) is 3.48. The maximum Gasteiger partial charge on any atom is 0.226 e. The summed E-state index contributed by atoms with van der Waals surface area (Å²) < 4.78 is 11.2. The van der Waals surface area contributed by atoms with Crippen LogP contribution in [0.1, 0.15) is 46.1 Å². The van der Waals surface area contributed by atoms with E-state index in [1.807, 2.05) is 32.0 Å². The van der Waals surface area contributed by atoms with Crippen LogP contribution in [0.2, 0.25) is 0 Å². The molecule has 5 nitrogen and oxygen atoms in total. The van der Waals surface area contributed by atoms with Gasteiger partial charge in [-0.3, -0.25) is 4.79 Å². The van der Waals surface area contributed by atoms with Gasteiger partial charge >= 0.3 is 0 Å². The van der Waals surface area contributed by atoms with Crippen molar-refractivity contribution in [3.05, 3.63) is 23.8 Å². The van der Waals surface area contributed by atoms with E-state index < -0.39 is 0 Å². The minimum Gasteiger partial charge on any atom is -0.493 e. The van der Waals surface area contributed by atoms with Gasteiger partial charge < -0.3 is 20.1 Å². The number of methoxy groups -OCH3 is 1. The number of benzene rings is 1. The van der Waals surface area contributed by atoms with Crippen molar-refractivity contribution in [1.29, 1.82) is 0 Å². The van der Waals surface area contributed by atoms with E-state index in [0.29, 0.717) is 42.3 Å². The fourth-order valence-corrected chi connectivity index (χ4v) is 2.31. The molecule has 0 heterocycles. The molecular formula is C19H30N2O3S. The summed E-state index contributed by atoms with van der Waals surface area (Å²) in [5, 5.41) is 6.06. The first-order valence-electron chi connectivity index (χ1n) is 8.69. The molecule has 1 aromatic rings. The van der Waals surface area contributed by atoms with Gasteiger partial charge in [-0.1, -0.05) is 33.8 Å². The van der Waals surface area contributed by atoms with Crippen molar-refractivity contribution in [2.24, 2.45) is 11.8 Å². The topological polar surface area (TPSA) is 59.6 Å². The van der Waals surface area contributed by atoms with E-state index >= 15 is 0 Å². The molecule has 0 spiro atoms. The summed E-state index contributed by atoms with van der Waals surface area (Å²) in [5.41, 5.74) is 0.994. The molecule has 1 rings (SSSR count). The van der Waals surface area contributed by atoms with E-state index in [-0.39, 0.29) is 5.91 Å². The van der Waals surface area contributed by atoms with Gasteiger partial charge in [0.25, 0.3) is 0 Å². The first-order valence-corrected chi connectivity index (χ1v) is 9.10. The summed E-state index contributed by atoms with van der Waals surface area (Å²) in [7, 11) is 1.62. The van der Waals surface area contributed by atoms with Crippen LogP contribution in [0.5, 0.6) is 11.5 Å². The number of ether oxygens (including phenoxy) is 2. The Morgan fingerprint density at radius 3 is 2.48 bits per heavy atom. The molecule has 140 valence electrons. The van der Waals surface area contributed by atoms with Gasteiger partial charge in [-0.15, -0.1) is 0 Å². The normalized spacial score (nSPS) is 10.7. The molecule has 1 amide bonds. The molecule has 0 aliphatic rings. The van der Waals surface area contributed by atoms with Crippen LogP contribution in [0, 0.1) is 11.8 Å². The second-order valence-electron chi connectivity index (χ2n) is 6.85. The number of nitrogens with one attached hydrogen (secondary N) is 2. The SMILES string of the molecule is COc1cc(CNC(=S)NC(=O)CC(C)C)ccc1OCCC(C)C. The van der Waals surface area contributed by atoms with Crippen LogP contribution in [0.3, 0.4) is 0 Å². The van der Waals surface area contributed by atoms with E-state index in [9.17, 15) is 4.79 Å². The Bertz CT molecular complexity index is 574. The zero-order valence-corrected chi connectivity index (χ0v) is 16.7. The van der Waals surface area contributed by atoms with Gasteiger partial charge in [-0.2, -0.15) is 0 Å². The van der Waals surface area contributed by atoms with Crippen molar-refractivity contribution in [1.82, 2.24) is 10.6 Å². The van der Waals surface area contributed by atoms with Crippen LogP contribution in [-0.4, -0.2) is 24.7 Å². The average Bonchev–Trinajstić information content (AvgIpc) is 2.52. The highest BCUT2D eigenvalue weighted by atomic mass is 32.1. The molecule has 0 aromatic heterocycles. The zero-order valence-electron chi connectivity index (χ0n) is 15.8. The molecule has 0 bridgehead atoms. The van der Waals surface area contributed by atoms with Crippen molar-refractivity contribution >= 4 is 23.2 Å². The Hall–Kier alpha value is -1.82. The number of carbonyl (C=O) groups is 1. The first-order chi connectivity index (χ1) is 11.8. The van der Waals surface area contributed by atoms with Crippen LogP contribution in [0.25, 0.3) is 0 Å². The summed E-state index contributed by atoms with van der Waals surface area (Å²) in [6.45, 7) is 9.48. The highest BCUT2D eigenvalue weighted by molar-refractivity contribution is 7.80. The molecule has 1 aromatic carbocycles. The molecule has 0 saturated carbocycles. The number of carbonyl (C=O) groups excluding carboxylic acids is 1. The Balaban J connectivity index is 2.53. The largest absolute Gasteiger partial charge is 0.493 e. The lowest BCUT2D eigenvalue weighted by Gasteiger charge is -2.14. The molecule has 0 unspecified atom stereocenters. The van der Waals surface area contributed by atoms with Crippen molar-refractivity contribution in [2.75, 3.05) is 13.7 Å². The number of hydrogen-bond acceptors (Lipinski definition) is 4. The van der Waals surface area contributed by atoms with Crippen LogP contribution in [0.15, 0.2) is 18.2 Å². The molecule has 6 heteroatoms. The van der Waals surface area contributed by atoms with Crippen LogP contribution in [0.4, 0.5) is 0 Å². The van der Waals surface area contributed by atoms with E-state index in [0.717, 1.165) is 17.7 Å². The molecule has 2 N–H and O–H groups in total. The fourth-order valence-electron chi connectivity index (χ4n) is 2.12. The van der Waals surface area contributed by atoms with Crippen LogP contribution >= 0.6 is 12.2 Å². The van der Waals surface area contributed by atoms with Crippen LogP contribution in [-0.2, 0) is 11.3 Å². The maximum absolute atomic E-state index is 11.7. The summed E-state index contributed by atoms with van der Waals surface area (Å²) in [6.07, 6.45) is 1.45. The molecule has 0 aliphatic heterocycles. The lowest BCUT2D eigenvalue weighted by molar-refractivity contribution is -0.120. The summed E-state index contributed by atoms with van der Waals surface area (Å²) >= 11 is 5.15. The summed E-state index contributed by atoms with van der Waals surface area (Å²) in [5.74, 6) is 2.26. The summed E-state index contributed by atoms with van der Waals surface area (Å²) in [4.78, 5) is 11.7. The molecular weight excluding hydrogens is 336 g/mol. The van der Waals surface area contributed by atoms with E-state index in [2.05, 4.69) is 24.5 Å². The molecule has 25 heavy (non-hydrogen) atoms. The lowest BCUT2D eigenvalue weighted by atomic mass is 10.1. The van der Waals surface area contributed by atoms with E-state index in [1.165, 1.54) is 0 Å². The number of amides is 1. The van der Waals surface area contributed by atoms with Gasteiger partial charge in [0.15, 0.2) is 16.6 Å². The Kier molecular flexibility index (Phi) is 9.27. The predicted octanol–water partition coefficient (Wildman–Crippen LogP) is 3.66. The zero-order chi connectivity index (χ0) is 18.8. The third kappa shape index (κ3) is 8.72. The predicted molar refractivity (Wildman–Crippen MR) is 105 cm³/mol. The Morgan fingerprint density at radius 2 is 1.88 bits per heavy atom. The van der Waals surface area contributed by atoms with Gasteiger partial charge in [0.2, 0.25) is 5.91 Å². The molecule has 0 atom stereocenters. The first kappa shape index (κ1) is 21.2. The van der Waals surface area contributed by atoms with Gasteiger partial charge in [0, 0.05) is 13.0 Å². The highest BCUT2D eigenvalue weighted by Crippen LogP contribution is 2.28. The average molecular weight is 367 g/mol. The monoisotopic (exact) mass is 366 g/mol. The number of thiocarbonyl (C=S) groups is 1. The Morgan fingerprint density at radius 1 is 1.16 bits per heavy atom. The van der Waals surface area contributed by atoms with Crippen molar-refractivity contribution < 1.29 is 14.3 Å². The highest BCUT2D eigenvalue weighted by Gasteiger charge is 2.09. The third-order valence-corrected chi connectivity index (χ3v) is 3.73. The van der Waals surface area contributed by atoms with Gasteiger partial charge in [-0.25, -0.2) is 0 Å². The van der Waals surface area contributed by atoms with E-state index in [4.69, 9.17) is 21.7 Å². The molecule has 0 radical (unpaired) electrons. The second kappa shape index (κ2) is 10.9. The van der Waals surface area contributed by atoms with Crippen LogP contribution < -0.4 is 20.1 Å². The van der Waals surface area contributed by atoms with Gasteiger partial charge in [-0.05, 0) is 48.2 Å². The smallest absolute Gasteiger partial charge is 0.226 e. The molecule has 0 aliphatic carbocycles. The minimum absolute atomic E-state index is 0.0704. The summed E-state index contributed by atoms with van der Waals surface area (Å²) in [6, 6.07) is 5.77. The Labute approximate surface area is 156 Å².